The van der Waals surface area contributed by atoms with Gasteiger partial charge in [-0.25, -0.2) is 4.79 Å². The predicted molar refractivity (Wildman–Crippen MR) is 96.0 cm³/mol. The van der Waals surface area contributed by atoms with E-state index < -0.39 is 24.0 Å². The Morgan fingerprint density at radius 1 is 1.08 bits per heavy atom. The molecule has 0 fully saturated rings. The Morgan fingerprint density at radius 3 is 2.08 bits per heavy atom. The molecule has 0 bridgehead atoms. The molecule has 0 saturated carbocycles. The van der Waals surface area contributed by atoms with Crippen LogP contribution in [0.2, 0.25) is 0 Å². The molecule has 0 aliphatic heterocycles. The molecule has 1 aromatic carbocycles. The van der Waals surface area contributed by atoms with Gasteiger partial charge in [-0.1, -0.05) is 32.0 Å². The quantitative estimate of drug-likeness (QED) is 0.734. The minimum atomic E-state index is -0.813. The molecule has 2 N–H and O–H groups in total. The molecular formula is C19H28N2O4. The van der Waals surface area contributed by atoms with E-state index >= 15 is 0 Å². The summed E-state index contributed by atoms with van der Waals surface area (Å²) in [6.45, 7) is 8.95. The summed E-state index contributed by atoms with van der Waals surface area (Å²) in [5.41, 5.74) is 3.09. The summed E-state index contributed by atoms with van der Waals surface area (Å²) in [7, 11) is 1.29. The van der Waals surface area contributed by atoms with Gasteiger partial charge < -0.3 is 15.4 Å². The van der Waals surface area contributed by atoms with E-state index in [1.54, 1.807) is 0 Å². The van der Waals surface area contributed by atoms with E-state index in [4.69, 9.17) is 4.74 Å². The zero-order chi connectivity index (χ0) is 19.1. The number of hydrogen-bond acceptors (Lipinski definition) is 4. The van der Waals surface area contributed by atoms with E-state index in [1.807, 2.05) is 45.9 Å². The van der Waals surface area contributed by atoms with Crippen LogP contribution in [0.15, 0.2) is 18.2 Å². The van der Waals surface area contributed by atoms with Crippen molar-refractivity contribution in [3.63, 3.8) is 0 Å². The SMILES string of the molecule is COC(=O)[C@@H](Cc1c(C)cccc1C)NC(=O)[C@H](NC(C)=O)C(C)C. The first-order chi connectivity index (χ1) is 11.7. The number of carbonyl (C=O) groups excluding carboxylic acids is 3. The maximum Gasteiger partial charge on any atom is 0.328 e. The van der Waals surface area contributed by atoms with Crippen molar-refractivity contribution in [3.8, 4) is 0 Å². The first-order valence-electron chi connectivity index (χ1n) is 8.37. The molecule has 1 aromatic rings. The van der Waals surface area contributed by atoms with Crippen LogP contribution in [0.5, 0.6) is 0 Å². The molecule has 0 aromatic heterocycles. The molecule has 0 radical (unpaired) electrons. The van der Waals surface area contributed by atoms with Crippen LogP contribution in [-0.2, 0) is 25.5 Å². The number of nitrogens with one attached hydrogen (secondary N) is 2. The number of aryl methyl sites for hydroxylation is 2. The van der Waals surface area contributed by atoms with Crippen LogP contribution < -0.4 is 10.6 Å². The minimum absolute atomic E-state index is 0.109. The van der Waals surface area contributed by atoms with Crippen molar-refractivity contribution in [3.05, 3.63) is 34.9 Å². The van der Waals surface area contributed by atoms with Crippen molar-refractivity contribution in [2.75, 3.05) is 7.11 Å². The first-order valence-corrected chi connectivity index (χ1v) is 8.37. The smallest absolute Gasteiger partial charge is 0.328 e. The normalized spacial score (nSPS) is 13.1. The number of methoxy groups -OCH3 is 1. The average Bonchev–Trinajstić information content (AvgIpc) is 2.53. The van der Waals surface area contributed by atoms with E-state index in [-0.39, 0.29) is 11.8 Å². The molecule has 0 saturated heterocycles. The van der Waals surface area contributed by atoms with Crippen LogP contribution in [0.3, 0.4) is 0 Å². The zero-order valence-corrected chi connectivity index (χ0v) is 15.8. The molecule has 2 amide bonds. The molecular weight excluding hydrogens is 320 g/mol. The summed E-state index contributed by atoms with van der Waals surface area (Å²) in [4.78, 5) is 36.1. The van der Waals surface area contributed by atoms with E-state index in [9.17, 15) is 14.4 Å². The van der Waals surface area contributed by atoms with Crippen molar-refractivity contribution < 1.29 is 19.1 Å². The van der Waals surface area contributed by atoms with Gasteiger partial charge in [0, 0.05) is 13.3 Å². The van der Waals surface area contributed by atoms with Gasteiger partial charge in [0.1, 0.15) is 12.1 Å². The number of esters is 1. The summed E-state index contributed by atoms with van der Waals surface area (Å²) >= 11 is 0. The lowest BCUT2D eigenvalue weighted by molar-refractivity contribution is -0.145. The number of hydrogen-bond donors (Lipinski definition) is 2. The summed E-state index contributed by atoms with van der Waals surface area (Å²) < 4.78 is 4.85. The first kappa shape index (κ1) is 20.7. The molecule has 1 rings (SSSR count). The maximum atomic E-state index is 12.6. The van der Waals surface area contributed by atoms with Crippen LogP contribution in [0.4, 0.5) is 0 Å². The standard InChI is InChI=1S/C19H28N2O4/c1-11(2)17(20-14(5)22)18(23)21-16(19(24)25-6)10-15-12(3)8-7-9-13(15)4/h7-9,11,16-17H,10H2,1-6H3,(H,20,22)(H,21,23)/t16-,17-/m1/s1. The van der Waals surface area contributed by atoms with E-state index in [0.717, 1.165) is 16.7 Å². The second kappa shape index (κ2) is 9.20. The fraction of sp³-hybridized carbons (Fsp3) is 0.526. The van der Waals surface area contributed by atoms with Gasteiger partial charge in [0.25, 0.3) is 0 Å². The third kappa shape index (κ3) is 5.89. The third-order valence-corrected chi connectivity index (χ3v) is 4.16. The summed E-state index contributed by atoms with van der Waals surface area (Å²) in [6.07, 6.45) is 0.335. The summed E-state index contributed by atoms with van der Waals surface area (Å²) in [5.74, 6) is -1.31. The molecule has 0 spiro atoms. The molecule has 138 valence electrons. The van der Waals surface area contributed by atoms with Crippen LogP contribution >= 0.6 is 0 Å². The Bertz CT molecular complexity index is 620. The van der Waals surface area contributed by atoms with Gasteiger partial charge in [-0.2, -0.15) is 0 Å². The molecule has 0 aliphatic carbocycles. The number of rotatable bonds is 7. The second-order valence-corrected chi connectivity index (χ2v) is 6.58. The molecule has 0 aliphatic rings. The highest BCUT2D eigenvalue weighted by molar-refractivity contribution is 5.90. The molecule has 0 unspecified atom stereocenters. The van der Waals surface area contributed by atoms with Crippen molar-refractivity contribution in [1.29, 1.82) is 0 Å². The minimum Gasteiger partial charge on any atom is -0.467 e. The topological polar surface area (TPSA) is 84.5 Å². The Hall–Kier alpha value is -2.37. The van der Waals surface area contributed by atoms with Gasteiger partial charge in [0.2, 0.25) is 11.8 Å². The van der Waals surface area contributed by atoms with Gasteiger partial charge in [-0.15, -0.1) is 0 Å². The number of amides is 2. The highest BCUT2D eigenvalue weighted by Crippen LogP contribution is 2.16. The number of ether oxygens (including phenoxy) is 1. The molecule has 2 atom stereocenters. The van der Waals surface area contributed by atoms with E-state index in [2.05, 4.69) is 10.6 Å². The van der Waals surface area contributed by atoms with Gasteiger partial charge in [-0.05, 0) is 36.5 Å². The second-order valence-electron chi connectivity index (χ2n) is 6.58. The molecule has 25 heavy (non-hydrogen) atoms. The fourth-order valence-electron chi connectivity index (χ4n) is 2.73. The number of carbonyl (C=O) groups is 3. The van der Waals surface area contributed by atoms with Crippen molar-refractivity contribution in [1.82, 2.24) is 10.6 Å². The molecule has 0 heterocycles. The van der Waals surface area contributed by atoms with Crippen LogP contribution in [0.25, 0.3) is 0 Å². The maximum absolute atomic E-state index is 12.6. The van der Waals surface area contributed by atoms with Crippen LogP contribution in [-0.4, -0.2) is 37.0 Å². The Morgan fingerprint density at radius 2 is 1.64 bits per heavy atom. The highest BCUT2D eigenvalue weighted by Gasteiger charge is 2.29. The Balaban J connectivity index is 3.01. The fourth-order valence-corrected chi connectivity index (χ4v) is 2.73. The Kier molecular flexibility index (Phi) is 7.61. The van der Waals surface area contributed by atoms with Gasteiger partial charge >= 0.3 is 5.97 Å². The van der Waals surface area contributed by atoms with Crippen LogP contribution in [0, 0.1) is 19.8 Å². The lowest BCUT2D eigenvalue weighted by Gasteiger charge is -2.25. The lowest BCUT2D eigenvalue weighted by atomic mass is 9.95. The van der Waals surface area contributed by atoms with Crippen molar-refractivity contribution in [2.45, 2.75) is 53.1 Å². The zero-order valence-electron chi connectivity index (χ0n) is 15.8. The predicted octanol–water partition coefficient (Wildman–Crippen LogP) is 1.66. The van der Waals surface area contributed by atoms with Gasteiger partial charge in [-0.3, -0.25) is 9.59 Å². The third-order valence-electron chi connectivity index (χ3n) is 4.16. The highest BCUT2D eigenvalue weighted by atomic mass is 16.5. The van der Waals surface area contributed by atoms with E-state index in [1.165, 1.54) is 14.0 Å². The Labute approximate surface area is 149 Å². The number of benzene rings is 1. The van der Waals surface area contributed by atoms with Crippen LogP contribution in [0.1, 0.15) is 37.5 Å². The molecule has 6 heteroatoms. The van der Waals surface area contributed by atoms with Crippen molar-refractivity contribution in [2.24, 2.45) is 5.92 Å². The largest absolute Gasteiger partial charge is 0.467 e. The van der Waals surface area contributed by atoms with Gasteiger partial charge in [0.05, 0.1) is 7.11 Å². The average molecular weight is 348 g/mol. The summed E-state index contributed by atoms with van der Waals surface area (Å²) in [5, 5.41) is 5.35. The van der Waals surface area contributed by atoms with Gasteiger partial charge in [0.15, 0.2) is 0 Å². The van der Waals surface area contributed by atoms with E-state index in [0.29, 0.717) is 6.42 Å². The lowest BCUT2D eigenvalue weighted by Crippen LogP contribution is -2.54. The monoisotopic (exact) mass is 348 g/mol. The summed E-state index contributed by atoms with van der Waals surface area (Å²) in [6, 6.07) is 4.36. The van der Waals surface area contributed by atoms with Crippen molar-refractivity contribution >= 4 is 17.8 Å². The molecule has 6 nitrogen and oxygen atoms in total.